The van der Waals surface area contributed by atoms with Crippen LogP contribution in [0.15, 0.2) is 24.3 Å². The van der Waals surface area contributed by atoms with E-state index in [1.807, 2.05) is 32.9 Å². The fourth-order valence-electron chi connectivity index (χ4n) is 3.30. The summed E-state index contributed by atoms with van der Waals surface area (Å²) in [6.45, 7) is 7.51. The lowest BCUT2D eigenvalue weighted by Crippen LogP contribution is -2.51. The van der Waals surface area contributed by atoms with Crippen molar-refractivity contribution in [3.63, 3.8) is 0 Å². The Labute approximate surface area is 154 Å². The van der Waals surface area contributed by atoms with Gasteiger partial charge in [-0.1, -0.05) is 35.9 Å². The normalized spacial score (nSPS) is 23.5. The second kappa shape index (κ2) is 6.89. The fourth-order valence-corrected chi connectivity index (χ4v) is 3.53. The fraction of sp³-hybridized carbons (Fsp3) is 0.526. The number of carbonyl (C=O) groups is 1. The van der Waals surface area contributed by atoms with Gasteiger partial charge in [0.1, 0.15) is 5.60 Å². The highest BCUT2D eigenvalue weighted by molar-refractivity contribution is 6.27. The zero-order chi connectivity index (χ0) is 18.1. The van der Waals surface area contributed by atoms with E-state index in [0.717, 1.165) is 37.2 Å². The summed E-state index contributed by atoms with van der Waals surface area (Å²) in [6, 6.07) is 6.27. The van der Waals surface area contributed by atoms with E-state index in [4.69, 9.17) is 16.3 Å². The first-order valence-electron chi connectivity index (χ1n) is 8.77. The van der Waals surface area contributed by atoms with Gasteiger partial charge in [0.05, 0.1) is 0 Å². The van der Waals surface area contributed by atoms with Crippen molar-refractivity contribution in [1.29, 1.82) is 0 Å². The number of hydrogen-bond donors (Lipinski definition) is 3. The number of amides is 1. The van der Waals surface area contributed by atoms with E-state index < -0.39 is 16.8 Å². The lowest BCUT2D eigenvalue weighted by molar-refractivity contribution is 0.0510. The van der Waals surface area contributed by atoms with E-state index in [-0.39, 0.29) is 0 Å². The van der Waals surface area contributed by atoms with E-state index in [1.165, 1.54) is 5.56 Å². The highest BCUT2D eigenvalue weighted by Crippen LogP contribution is 2.38. The number of nitrogens with one attached hydrogen (secondary N) is 3. The molecule has 5 nitrogen and oxygen atoms in total. The molecule has 2 aliphatic heterocycles. The predicted molar refractivity (Wildman–Crippen MR) is 102 cm³/mol. The number of ether oxygens (including phenoxy) is 1. The maximum absolute atomic E-state index is 12.1. The maximum atomic E-state index is 12.1. The van der Waals surface area contributed by atoms with Crippen molar-refractivity contribution in [2.45, 2.75) is 50.3 Å². The molecule has 1 atom stereocenters. The van der Waals surface area contributed by atoms with Crippen LogP contribution in [0.25, 0.3) is 6.08 Å². The summed E-state index contributed by atoms with van der Waals surface area (Å²) in [5.41, 5.74) is 2.74. The highest BCUT2D eigenvalue weighted by atomic mass is 35.5. The molecule has 0 spiro atoms. The predicted octanol–water partition coefficient (Wildman–Crippen LogP) is 4.01. The third-order valence-electron chi connectivity index (χ3n) is 4.39. The quantitative estimate of drug-likeness (QED) is 0.548. The Hall–Kier alpha value is -1.72. The molecule has 25 heavy (non-hydrogen) atoms. The van der Waals surface area contributed by atoms with Gasteiger partial charge in [-0.2, -0.15) is 0 Å². The molecular weight excluding hydrogens is 338 g/mol. The van der Waals surface area contributed by atoms with Crippen LogP contribution in [-0.2, 0) is 4.74 Å². The first kappa shape index (κ1) is 18.1. The van der Waals surface area contributed by atoms with Gasteiger partial charge in [0.2, 0.25) is 5.12 Å². The molecule has 1 unspecified atom stereocenters. The molecule has 1 amide bonds. The van der Waals surface area contributed by atoms with Crippen molar-refractivity contribution in [2.75, 3.05) is 18.4 Å². The molecule has 3 N–H and O–H groups in total. The first-order valence-corrected chi connectivity index (χ1v) is 9.15. The molecule has 2 aliphatic rings. The summed E-state index contributed by atoms with van der Waals surface area (Å²) >= 11 is 6.62. The Kier molecular flexibility index (Phi) is 4.98. The Balaban J connectivity index is 1.81. The standard InChI is InChI=1S/C19H26ClN3O2/c1-18(2,3)25-17(24)23-19(20)10-7-14-5-4-6-15(16(14)22-19)13-8-11-21-12-9-13/h4-7,10,13,21-22H,8-9,11-12H2,1-3H3,(H,23,24). The average molecular weight is 364 g/mol. The first-order chi connectivity index (χ1) is 11.8. The number of para-hydroxylation sites is 1. The molecular formula is C19H26ClN3O2. The van der Waals surface area contributed by atoms with Gasteiger partial charge in [-0.15, -0.1) is 0 Å². The van der Waals surface area contributed by atoms with Crippen LogP contribution < -0.4 is 16.0 Å². The summed E-state index contributed by atoms with van der Waals surface area (Å²) in [4.78, 5) is 12.1. The number of fused-ring (bicyclic) bond motifs is 1. The number of carbonyl (C=O) groups excluding carboxylic acids is 1. The van der Waals surface area contributed by atoms with Crippen molar-refractivity contribution in [2.24, 2.45) is 0 Å². The molecule has 1 aromatic rings. The number of benzene rings is 1. The molecule has 136 valence electrons. The van der Waals surface area contributed by atoms with E-state index in [9.17, 15) is 4.79 Å². The number of alkyl halides is 1. The summed E-state index contributed by atoms with van der Waals surface area (Å²) in [5, 5.41) is 8.22. The number of piperidine rings is 1. The van der Waals surface area contributed by atoms with Crippen LogP contribution in [0.1, 0.15) is 50.7 Å². The monoisotopic (exact) mass is 363 g/mol. The Morgan fingerprint density at radius 1 is 1.32 bits per heavy atom. The second-order valence-electron chi connectivity index (χ2n) is 7.63. The summed E-state index contributed by atoms with van der Waals surface area (Å²) < 4.78 is 5.32. The topological polar surface area (TPSA) is 62.4 Å². The molecule has 1 aromatic carbocycles. The lowest BCUT2D eigenvalue weighted by Gasteiger charge is -2.35. The van der Waals surface area contributed by atoms with E-state index in [0.29, 0.717) is 5.92 Å². The van der Waals surface area contributed by atoms with Crippen molar-refractivity contribution >= 4 is 29.5 Å². The Morgan fingerprint density at radius 2 is 2.04 bits per heavy atom. The minimum Gasteiger partial charge on any atom is -0.444 e. The molecule has 0 aromatic heterocycles. The molecule has 1 fully saturated rings. The average Bonchev–Trinajstić information content (AvgIpc) is 2.52. The number of hydrogen-bond acceptors (Lipinski definition) is 4. The van der Waals surface area contributed by atoms with Crippen LogP contribution in [0.2, 0.25) is 0 Å². The largest absolute Gasteiger partial charge is 0.444 e. The molecule has 6 heteroatoms. The summed E-state index contributed by atoms with van der Waals surface area (Å²) in [7, 11) is 0. The minimum absolute atomic E-state index is 0.484. The van der Waals surface area contributed by atoms with Crippen molar-refractivity contribution in [3.05, 3.63) is 35.4 Å². The van der Waals surface area contributed by atoms with Gasteiger partial charge in [-0.25, -0.2) is 4.79 Å². The maximum Gasteiger partial charge on any atom is 0.410 e. The van der Waals surface area contributed by atoms with Crippen molar-refractivity contribution < 1.29 is 9.53 Å². The molecule has 0 radical (unpaired) electrons. The van der Waals surface area contributed by atoms with Gasteiger partial charge >= 0.3 is 6.09 Å². The third-order valence-corrected chi connectivity index (χ3v) is 4.71. The molecule has 3 rings (SSSR count). The molecule has 0 aliphatic carbocycles. The zero-order valence-electron chi connectivity index (χ0n) is 15.0. The Morgan fingerprint density at radius 3 is 2.72 bits per heavy atom. The van der Waals surface area contributed by atoms with Gasteiger partial charge in [0.25, 0.3) is 0 Å². The van der Waals surface area contributed by atoms with Crippen LogP contribution >= 0.6 is 11.6 Å². The smallest absolute Gasteiger partial charge is 0.410 e. The number of alkyl carbamates (subject to hydrolysis) is 1. The highest BCUT2D eigenvalue weighted by Gasteiger charge is 2.33. The molecule has 0 saturated carbocycles. The lowest BCUT2D eigenvalue weighted by atomic mass is 9.87. The van der Waals surface area contributed by atoms with Gasteiger partial charge in [-0.05, 0) is 69.8 Å². The summed E-state index contributed by atoms with van der Waals surface area (Å²) in [5.74, 6) is 0.484. The third kappa shape index (κ3) is 4.47. The van der Waals surface area contributed by atoms with Gasteiger partial charge < -0.3 is 15.4 Å². The van der Waals surface area contributed by atoms with Crippen LogP contribution in [0.3, 0.4) is 0 Å². The van der Waals surface area contributed by atoms with E-state index in [1.54, 1.807) is 6.08 Å². The number of rotatable bonds is 2. The summed E-state index contributed by atoms with van der Waals surface area (Å²) in [6.07, 6.45) is 5.32. The van der Waals surface area contributed by atoms with Gasteiger partial charge in [0, 0.05) is 5.69 Å². The van der Waals surface area contributed by atoms with Crippen LogP contribution in [0, 0.1) is 0 Å². The molecule has 1 saturated heterocycles. The molecule has 2 heterocycles. The van der Waals surface area contributed by atoms with Gasteiger partial charge in [-0.3, -0.25) is 5.32 Å². The Bertz CT molecular complexity index is 678. The van der Waals surface area contributed by atoms with Gasteiger partial charge in [0.15, 0.2) is 0 Å². The zero-order valence-corrected chi connectivity index (χ0v) is 15.7. The second-order valence-corrected chi connectivity index (χ2v) is 8.23. The van der Waals surface area contributed by atoms with Crippen LogP contribution in [-0.4, -0.2) is 29.9 Å². The van der Waals surface area contributed by atoms with E-state index in [2.05, 4.69) is 28.1 Å². The minimum atomic E-state index is -1.20. The van der Waals surface area contributed by atoms with Crippen molar-refractivity contribution in [1.82, 2.24) is 10.6 Å². The number of anilines is 1. The molecule has 0 bridgehead atoms. The van der Waals surface area contributed by atoms with Crippen LogP contribution in [0.5, 0.6) is 0 Å². The van der Waals surface area contributed by atoms with E-state index >= 15 is 0 Å². The SMILES string of the molecule is CC(C)(C)OC(=O)NC1(Cl)C=Cc2cccc(C3CCNCC3)c2N1. The van der Waals surface area contributed by atoms with Crippen LogP contribution in [0.4, 0.5) is 10.5 Å². The number of halogens is 1. The van der Waals surface area contributed by atoms with Crippen molar-refractivity contribution in [3.8, 4) is 0 Å².